The van der Waals surface area contributed by atoms with E-state index < -0.39 is 17.2 Å². The van der Waals surface area contributed by atoms with Crippen LogP contribution in [-0.2, 0) is 23.3 Å². The quantitative estimate of drug-likeness (QED) is 0.552. The van der Waals surface area contributed by atoms with Gasteiger partial charge in [0.05, 0.1) is 6.54 Å². The highest BCUT2D eigenvalue weighted by atomic mass is 16.4. The lowest BCUT2D eigenvalue weighted by Crippen LogP contribution is -2.41. The van der Waals surface area contributed by atoms with Gasteiger partial charge in [0.2, 0.25) is 0 Å². The molecule has 5 rings (SSSR count). The predicted molar refractivity (Wildman–Crippen MR) is 103 cm³/mol. The van der Waals surface area contributed by atoms with Gasteiger partial charge in [0.1, 0.15) is 11.1 Å². The lowest BCUT2D eigenvalue weighted by atomic mass is 9.92. The van der Waals surface area contributed by atoms with Gasteiger partial charge < -0.3 is 9.73 Å². The molecule has 0 radical (unpaired) electrons. The molecule has 1 saturated heterocycles. The Labute approximate surface area is 160 Å². The van der Waals surface area contributed by atoms with E-state index >= 15 is 0 Å². The predicted octanol–water partition coefficient (Wildman–Crippen LogP) is 2.99. The molecular weight excluding hydrogens is 356 g/mol. The third-order valence-electron chi connectivity index (χ3n) is 5.74. The molecule has 1 aliphatic heterocycles. The molecular formula is C22H18N2O4. The standard InChI is InChI=1S/C22H18N2O4/c1-13-6-7-16-15(11-19(25)28-18(16)10-13)12-24-20(26)22(23-21(24)27)9-8-14-4-2-3-5-17(14)22/h2-7,10-11H,8-9,12H2,1H3,(H,23,27). The maximum atomic E-state index is 13.3. The highest BCUT2D eigenvalue weighted by Gasteiger charge is 2.55. The Morgan fingerprint density at radius 3 is 2.79 bits per heavy atom. The maximum Gasteiger partial charge on any atom is 0.336 e. The molecule has 6 heteroatoms. The normalized spacial score (nSPS) is 20.8. The molecule has 2 aromatic carbocycles. The number of hydrogen-bond acceptors (Lipinski definition) is 4. The Hall–Kier alpha value is -3.41. The third-order valence-corrected chi connectivity index (χ3v) is 5.74. The number of carbonyl (C=O) groups excluding carboxylic acids is 2. The smallest absolute Gasteiger partial charge is 0.336 e. The Kier molecular flexibility index (Phi) is 3.46. The fraction of sp³-hybridized carbons (Fsp3) is 0.227. The summed E-state index contributed by atoms with van der Waals surface area (Å²) in [5, 5.41) is 3.63. The van der Waals surface area contributed by atoms with E-state index in [1.807, 2.05) is 43.3 Å². The van der Waals surface area contributed by atoms with E-state index in [1.165, 1.54) is 11.0 Å². The van der Waals surface area contributed by atoms with Crippen LogP contribution in [0.15, 0.2) is 57.7 Å². The van der Waals surface area contributed by atoms with Crippen molar-refractivity contribution in [3.05, 3.63) is 81.2 Å². The Morgan fingerprint density at radius 2 is 1.93 bits per heavy atom. The summed E-state index contributed by atoms with van der Waals surface area (Å²) in [5.74, 6) is -0.268. The molecule has 0 bridgehead atoms. The second kappa shape index (κ2) is 5.79. The molecule has 6 nitrogen and oxygen atoms in total. The van der Waals surface area contributed by atoms with Gasteiger partial charge in [-0.05, 0) is 48.1 Å². The maximum absolute atomic E-state index is 13.3. The number of amides is 3. The zero-order chi connectivity index (χ0) is 19.5. The molecule has 1 N–H and O–H groups in total. The molecule has 1 aliphatic carbocycles. The van der Waals surface area contributed by atoms with Crippen molar-refractivity contribution in [1.82, 2.24) is 10.2 Å². The molecule has 1 fully saturated rings. The lowest BCUT2D eigenvalue weighted by molar-refractivity contribution is -0.132. The Morgan fingerprint density at radius 1 is 1.11 bits per heavy atom. The number of hydrogen-bond donors (Lipinski definition) is 1. The minimum atomic E-state index is -1.00. The van der Waals surface area contributed by atoms with Crippen molar-refractivity contribution in [2.24, 2.45) is 0 Å². The number of benzene rings is 2. The van der Waals surface area contributed by atoms with Crippen molar-refractivity contribution in [2.75, 3.05) is 0 Å². The number of rotatable bonds is 2. The minimum absolute atomic E-state index is 0.0275. The average Bonchev–Trinajstić information content (AvgIpc) is 3.15. The van der Waals surface area contributed by atoms with E-state index in [0.29, 0.717) is 17.6 Å². The van der Waals surface area contributed by atoms with Crippen LogP contribution in [0.4, 0.5) is 4.79 Å². The first kappa shape index (κ1) is 16.7. The summed E-state index contributed by atoms with van der Waals surface area (Å²) in [6.45, 7) is 1.94. The molecule has 0 saturated carbocycles. The van der Waals surface area contributed by atoms with E-state index in [1.54, 1.807) is 6.07 Å². The van der Waals surface area contributed by atoms with E-state index in [2.05, 4.69) is 5.32 Å². The zero-order valence-electron chi connectivity index (χ0n) is 15.3. The van der Waals surface area contributed by atoms with Crippen molar-refractivity contribution in [3.8, 4) is 0 Å². The summed E-state index contributed by atoms with van der Waals surface area (Å²) in [6, 6.07) is 14.2. The summed E-state index contributed by atoms with van der Waals surface area (Å²) in [5.41, 5.74) is 2.46. The summed E-state index contributed by atoms with van der Waals surface area (Å²) >= 11 is 0. The number of urea groups is 1. The van der Waals surface area contributed by atoms with Gasteiger partial charge in [-0.3, -0.25) is 9.69 Å². The summed E-state index contributed by atoms with van der Waals surface area (Å²) in [4.78, 5) is 39.3. The molecule has 3 amide bonds. The molecule has 140 valence electrons. The summed E-state index contributed by atoms with van der Waals surface area (Å²) in [6.07, 6.45) is 1.29. The Bertz CT molecular complexity index is 1210. The first-order chi connectivity index (χ1) is 13.5. The molecule has 3 aromatic rings. The van der Waals surface area contributed by atoms with Crippen LogP contribution in [0.3, 0.4) is 0 Å². The third kappa shape index (κ3) is 2.30. The van der Waals surface area contributed by atoms with Gasteiger partial charge in [-0.15, -0.1) is 0 Å². The minimum Gasteiger partial charge on any atom is -0.423 e. The van der Waals surface area contributed by atoms with Gasteiger partial charge in [-0.1, -0.05) is 36.4 Å². The second-order valence-corrected chi connectivity index (χ2v) is 7.47. The number of carbonyl (C=O) groups is 2. The molecule has 1 aromatic heterocycles. The molecule has 2 heterocycles. The highest BCUT2D eigenvalue weighted by molar-refractivity contribution is 6.08. The van der Waals surface area contributed by atoms with Gasteiger partial charge in [-0.25, -0.2) is 9.59 Å². The van der Waals surface area contributed by atoms with E-state index in [4.69, 9.17) is 4.42 Å². The van der Waals surface area contributed by atoms with E-state index in [0.717, 1.165) is 28.5 Å². The van der Waals surface area contributed by atoms with Gasteiger partial charge in [0, 0.05) is 11.5 Å². The number of nitrogens with zero attached hydrogens (tertiary/aromatic N) is 1. The van der Waals surface area contributed by atoms with Crippen molar-refractivity contribution in [1.29, 1.82) is 0 Å². The largest absolute Gasteiger partial charge is 0.423 e. The van der Waals surface area contributed by atoms with Crippen LogP contribution >= 0.6 is 0 Å². The van der Waals surface area contributed by atoms with Crippen LogP contribution in [0.2, 0.25) is 0 Å². The van der Waals surface area contributed by atoms with Crippen molar-refractivity contribution >= 4 is 22.9 Å². The molecule has 1 atom stereocenters. The summed E-state index contributed by atoms with van der Waals surface area (Å²) < 4.78 is 5.28. The Balaban J connectivity index is 1.56. The zero-order valence-corrected chi connectivity index (χ0v) is 15.3. The number of fused-ring (bicyclic) bond motifs is 3. The van der Waals surface area contributed by atoms with E-state index in [-0.39, 0.29) is 12.5 Å². The van der Waals surface area contributed by atoms with Crippen LogP contribution in [0.1, 0.15) is 28.7 Å². The first-order valence-electron chi connectivity index (χ1n) is 9.24. The molecule has 28 heavy (non-hydrogen) atoms. The fourth-order valence-electron chi connectivity index (χ4n) is 4.37. The van der Waals surface area contributed by atoms with Crippen molar-refractivity contribution < 1.29 is 14.0 Å². The molecule has 1 spiro atoms. The van der Waals surface area contributed by atoms with Crippen LogP contribution < -0.4 is 10.9 Å². The van der Waals surface area contributed by atoms with Gasteiger partial charge >= 0.3 is 11.7 Å². The topological polar surface area (TPSA) is 79.6 Å². The SMILES string of the molecule is Cc1ccc2c(CN3C(=O)NC4(CCc5ccccc54)C3=O)cc(=O)oc2c1. The van der Waals surface area contributed by atoms with Crippen LogP contribution in [0.5, 0.6) is 0 Å². The first-order valence-corrected chi connectivity index (χ1v) is 9.24. The van der Waals surface area contributed by atoms with Gasteiger partial charge in [-0.2, -0.15) is 0 Å². The molecule has 1 unspecified atom stereocenters. The monoisotopic (exact) mass is 374 g/mol. The van der Waals surface area contributed by atoms with Crippen LogP contribution in [0.25, 0.3) is 11.0 Å². The van der Waals surface area contributed by atoms with E-state index in [9.17, 15) is 14.4 Å². The highest BCUT2D eigenvalue weighted by Crippen LogP contribution is 2.41. The van der Waals surface area contributed by atoms with Gasteiger partial charge in [0.15, 0.2) is 0 Å². The number of nitrogens with one attached hydrogen (secondary N) is 1. The second-order valence-electron chi connectivity index (χ2n) is 7.47. The number of aryl methyl sites for hydroxylation is 2. The summed E-state index contributed by atoms with van der Waals surface area (Å²) in [7, 11) is 0. The van der Waals surface area contributed by atoms with Crippen molar-refractivity contribution in [3.63, 3.8) is 0 Å². The van der Waals surface area contributed by atoms with Crippen LogP contribution in [-0.4, -0.2) is 16.8 Å². The lowest BCUT2D eigenvalue weighted by Gasteiger charge is -2.22. The number of imide groups is 1. The van der Waals surface area contributed by atoms with Gasteiger partial charge in [0.25, 0.3) is 5.91 Å². The van der Waals surface area contributed by atoms with Crippen molar-refractivity contribution in [2.45, 2.75) is 31.8 Å². The average molecular weight is 374 g/mol. The van der Waals surface area contributed by atoms with Crippen LogP contribution in [0, 0.1) is 6.92 Å². The fourth-order valence-corrected chi connectivity index (χ4v) is 4.37. The molecule has 2 aliphatic rings.